The number of fused-ring (bicyclic) bond motifs is 1. The van der Waals surface area contributed by atoms with Crippen LogP contribution in [0.15, 0.2) is 35.1 Å². The maximum absolute atomic E-state index is 12.8. The van der Waals surface area contributed by atoms with Crippen LogP contribution in [0.2, 0.25) is 0 Å². The first-order chi connectivity index (χ1) is 11.5. The Morgan fingerprint density at radius 2 is 1.83 bits per heavy atom. The van der Waals surface area contributed by atoms with Crippen molar-refractivity contribution in [1.82, 2.24) is 19.2 Å². The Kier molecular flexibility index (Phi) is 4.29. The smallest absolute Gasteiger partial charge is 0.292 e. The minimum Gasteiger partial charge on any atom is -0.292 e. The summed E-state index contributed by atoms with van der Waals surface area (Å²) in [5, 5.41) is 4.32. The van der Waals surface area contributed by atoms with Gasteiger partial charge in [0.2, 0.25) is 0 Å². The molecule has 6 nitrogen and oxygen atoms in total. The molecule has 3 aromatic rings. The van der Waals surface area contributed by atoms with Crippen LogP contribution < -0.4 is 5.69 Å². The van der Waals surface area contributed by atoms with Gasteiger partial charge in [-0.25, -0.2) is 18.9 Å². The molecule has 0 aliphatic carbocycles. The zero-order chi connectivity index (χ0) is 17.3. The molecule has 3 rings (SSSR count). The molecular weight excluding hydrogens is 304 g/mol. The van der Waals surface area contributed by atoms with Gasteiger partial charge in [-0.2, -0.15) is 5.10 Å². The Bertz CT molecular complexity index is 955. The second kappa shape index (κ2) is 6.39. The van der Waals surface area contributed by atoms with E-state index in [1.807, 2.05) is 26.8 Å². The lowest BCUT2D eigenvalue weighted by Gasteiger charge is -2.08. The summed E-state index contributed by atoms with van der Waals surface area (Å²) in [4.78, 5) is 29.7. The molecule has 0 atom stereocenters. The van der Waals surface area contributed by atoms with Gasteiger partial charge in [0.05, 0.1) is 16.9 Å². The number of Topliss-reactive ketones (excluding diaryl/α,β-unsaturated/α-hetero) is 1. The summed E-state index contributed by atoms with van der Waals surface area (Å²) in [6, 6.07) is 8.93. The molecule has 24 heavy (non-hydrogen) atoms. The molecule has 0 fully saturated rings. The molecule has 124 valence electrons. The Hall–Kier alpha value is -2.76. The number of hydrogen-bond acceptors (Lipinski definition) is 4. The van der Waals surface area contributed by atoms with Crippen molar-refractivity contribution in [3.63, 3.8) is 0 Å². The first-order valence-electron chi connectivity index (χ1n) is 8.06. The Balaban J connectivity index is 2.09. The van der Waals surface area contributed by atoms with Crippen LogP contribution in [0.3, 0.4) is 0 Å². The van der Waals surface area contributed by atoms with Crippen LogP contribution in [0.4, 0.5) is 0 Å². The van der Waals surface area contributed by atoms with Gasteiger partial charge in [-0.15, -0.1) is 0 Å². The van der Waals surface area contributed by atoms with Gasteiger partial charge in [0, 0.05) is 12.0 Å². The fraction of sp³-hybridized carbons (Fsp3) is 0.333. The molecule has 0 N–H and O–H groups in total. The summed E-state index contributed by atoms with van der Waals surface area (Å²) in [6.45, 7) is 5.68. The summed E-state index contributed by atoms with van der Waals surface area (Å²) in [6.07, 6.45) is 1.60. The van der Waals surface area contributed by atoms with Crippen molar-refractivity contribution < 1.29 is 4.79 Å². The number of aryl methyl sites for hydroxylation is 3. The molecule has 0 unspecified atom stereocenters. The molecule has 0 saturated carbocycles. The Morgan fingerprint density at radius 3 is 2.50 bits per heavy atom. The lowest BCUT2D eigenvalue weighted by molar-refractivity contribution is 0.0964. The quantitative estimate of drug-likeness (QED) is 0.676. The zero-order valence-corrected chi connectivity index (χ0v) is 14.1. The highest BCUT2D eigenvalue weighted by molar-refractivity contribution is 5.95. The number of rotatable bonds is 5. The van der Waals surface area contributed by atoms with Crippen molar-refractivity contribution in [3.8, 4) is 0 Å². The number of hydrogen-bond donors (Lipinski definition) is 0. The molecule has 0 amide bonds. The maximum atomic E-state index is 12.8. The Morgan fingerprint density at radius 1 is 1.12 bits per heavy atom. The van der Waals surface area contributed by atoms with E-state index in [1.54, 1.807) is 28.7 Å². The minimum atomic E-state index is -0.316. The third-order valence-corrected chi connectivity index (χ3v) is 4.01. The van der Waals surface area contributed by atoms with Crippen molar-refractivity contribution in [1.29, 1.82) is 0 Å². The van der Waals surface area contributed by atoms with Crippen molar-refractivity contribution in [2.75, 3.05) is 0 Å². The fourth-order valence-corrected chi connectivity index (χ4v) is 2.95. The second-order valence-electron chi connectivity index (χ2n) is 5.86. The van der Waals surface area contributed by atoms with Crippen LogP contribution in [0.1, 0.15) is 40.9 Å². The topological polar surface area (TPSA) is 69.3 Å². The monoisotopic (exact) mass is 324 g/mol. The van der Waals surface area contributed by atoms with Crippen LogP contribution in [0.5, 0.6) is 0 Å². The summed E-state index contributed by atoms with van der Waals surface area (Å²) in [5.41, 5.74) is 2.49. The number of aromatic nitrogens is 4. The summed E-state index contributed by atoms with van der Waals surface area (Å²) in [5.74, 6) is 0.583. The van der Waals surface area contributed by atoms with E-state index >= 15 is 0 Å². The van der Waals surface area contributed by atoms with E-state index < -0.39 is 0 Å². The minimum absolute atomic E-state index is 0.0809. The van der Waals surface area contributed by atoms with Crippen molar-refractivity contribution in [2.45, 2.75) is 40.2 Å². The first-order valence-corrected chi connectivity index (χ1v) is 8.06. The highest BCUT2D eigenvalue weighted by atomic mass is 16.2. The van der Waals surface area contributed by atoms with Gasteiger partial charge < -0.3 is 0 Å². The number of benzene rings is 1. The van der Waals surface area contributed by atoms with Gasteiger partial charge in [-0.05, 0) is 20.3 Å². The molecule has 0 aliphatic heterocycles. The molecular formula is C18H20N4O2. The van der Waals surface area contributed by atoms with Crippen molar-refractivity contribution >= 4 is 11.3 Å². The Labute approximate surface area is 139 Å². The molecule has 1 aromatic carbocycles. The van der Waals surface area contributed by atoms with Crippen LogP contribution in [0, 0.1) is 13.8 Å². The number of ketones is 1. The number of nitrogens with zero attached hydrogens (tertiary/aromatic N) is 4. The maximum Gasteiger partial charge on any atom is 0.351 e. The normalized spacial score (nSPS) is 11.1. The van der Waals surface area contributed by atoms with Gasteiger partial charge in [-0.1, -0.05) is 37.3 Å². The molecule has 6 heteroatoms. The van der Waals surface area contributed by atoms with Crippen LogP contribution in [0.25, 0.3) is 5.52 Å². The lowest BCUT2D eigenvalue weighted by Crippen LogP contribution is -2.33. The molecule has 0 radical (unpaired) electrons. The van der Waals surface area contributed by atoms with E-state index in [1.165, 1.54) is 4.68 Å². The predicted molar refractivity (Wildman–Crippen MR) is 91.5 cm³/mol. The third kappa shape index (κ3) is 2.75. The largest absolute Gasteiger partial charge is 0.351 e. The molecule has 0 aliphatic rings. The summed E-state index contributed by atoms with van der Waals surface area (Å²) >= 11 is 0. The number of carbonyl (C=O) groups is 1. The second-order valence-corrected chi connectivity index (χ2v) is 5.86. The number of carbonyl (C=O) groups excluding carboxylic acids is 1. The first kappa shape index (κ1) is 16.1. The van der Waals surface area contributed by atoms with Gasteiger partial charge in [0.15, 0.2) is 5.78 Å². The van der Waals surface area contributed by atoms with Crippen LogP contribution in [-0.4, -0.2) is 24.9 Å². The number of imidazole rings is 1. The highest BCUT2D eigenvalue weighted by Gasteiger charge is 2.17. The van der Waals surface area contributed by atoms with Gasteiger partial charge in [-0.3, -0.25) is 4.79 Å². The van der Waals surface area contributed by atoms with Gasteiger partial charge in [0.25, 0.3) is 0 Å². The summed E-state index contributed by atoms with van der Waals surface area (Å²) in [7, 11) is 0. The predicted octanol–water partition coefficient (Wildman–Crippen LogP) is 2.34. The standard InChI is InChI=1S/C18H20N4O2/c1-4-8-16-19-12(2)17-13(3)20-21(18(24)22(16)17)11-15(23)14-9-6-5-7-10-14/h5-7,9-10H,4,8,11H2,1-3H3. The third-order valence-electron chi connectivity index (χ3n) is 4.01. The molecule has 0 bridgehead atoms. The van der Waals surface area contributed by atoms with E-state index in [0.717, 1.165) is 23.5 Å². The fourth-order valence-electron chi connectivity index (χ4n) is 2.95. The van der Waals surface area contributed by atoms with Crippen molar-refractivity contribution in [3.05, 3.63) is 63.6 Å². The SMILES string of the molecule is CCCc1nc(C)c2c(C)nn(CC(=O)c3ccccc3)c(=O)n12. The van der Waals surface area contributed by atoms with E-state index in [-0.39, 0.29) is 18.0 Å². The van der Waals surface area contributed by atoms with Crippen LogP contribution >= 0.6 is 0 Å². The molecule has 2 aromatic heterocycles. The lowest BCUT2D eigenvalue weighted by atomic mass is 10.1. The summed E-state index contributed by atoms with van der Waals surface area (Å²) < 4.78 is 2.83. The van der Waals surface area contributed by atoms with E-state index in [9.17, 15) is 9.59 Å². The van der Waals surface area contributed by atoms with Crippen LogP contribution in [-0.2, 0) is 13.0 Å². The van der Waals surface area contributed by atoms with E-state index in [0.29, 0.717) is 17.7 Å². The van der Waals surface area contributed by atoms with E-state index in [2.05, 4.69) is 10.1 Å². The van der Waals surface area contributed by atoms with Gasteiger partial charge >= 0.3 is 5.69 Å². The van der Waals surface area contributed by atoms with Gasteiger partial charge in [0.1, 0.15) is 12.4 Å². The zero-order valence-electron chi connectivity index (χ0n) is 14.1. The average molecular weight is 324 g/mol. The van der Waals surface area contributed by atoms with E-state index in [4.69, 9.17) is 0 Å². The average Bonchev–Trinajstić information content (AvgIpc) is 2.90. The molecule has 0 saturated heterocycles. The molecule has 0 spiro atoms. The molecule has 2 heterocycles. The highest BCUT2D eigenvalue weighted by Crippen LogP contribution is 2.14. The van der Waals surface area contributed by atoms with Crippen molar-refractivity contribution in [2.24, 2.45) is 0 Å².